The van der Waals surface area contributed by atoms with Crippen LogP contribution in [0.25, 0.3) is 0 Å². The second-order valence-corrected chi connectivity index (χ2v) is 4.15. The quantitative estimate of drug-likeness (QED) is 0.572. The molecule has 84 valence electrons. The molecule has 1 aliphatic rings. The van der Waals surface area contributed by atoms with Gasteiger partial charge in [-0.3, -0.25) is 0 Å². The summed E-state index contributed by atoms with van der Waals surface area (Å²) in [4.78, 5) is 0. The standard InChI is InChI=1S/C11H23NO2/c1-10(9-13-2)12-6-8-14-7-5-11-3-4-11/h10-12H,3-9H2,1-2H3. The smallest absolute Gasteiger partial charge is 0.0613 e. The van der Waals surface area contributed by atoms with Crippen molar-refractivity contribution in [3.8, 4) is 0 Å². The van der Waals surface area contributed by atoms with E-state index in [-0.39, 0.29) is 0 Å². The molecule has 0 bridgehead atoms. The van der Waals surface area contributed by atoms with Crippen molar-refractivity contribution in [3.63, 3.8) is 0 Å². The van der Waals surface area contributed by atoms with Crippen molar-refractivity contribution < 1.29 is 9.47 Å². The second kappa shape index (κ2) is 7.21. The predicted octanol–water partition coefficient (Wildman–Crippen LogP) is 1.43. The molecule has 1 aliphatic carbocycles. The summed E-state index contributed by atoms with van der Waals surface area (Å²) in [6, 6.07) is 0.423. The van der Waals surface area contributed by atoms with E-state index in [1.54, 1.807) is 7.11 Å². The first-order chi connectivity index (χ1) is 6.83. The third kappa shape index (κ3) is 6.35. The van der Waals surface area contributed by atoms with Crippen LogP contribution < -0.4 is 5.32 Å². The largest absolute Gasteiger partial charge is 0.383 e. The van der Waals surface area contributed by atoms with E-state index in [0.717, 1.165) is 32.3 Å². The molecule has 0 aromatic carbocycles. The molecule has 1 saturated carbocycles. The van der Waals surface area contributed by atoms with Crippen LogP contribution in [-0.4, -0.2) is 39.5 Å². The summed E-state index contributed by atoms with van der Waals surface area (Å²) in [5.41, 5.74) is 0. The van der Waals surface area contributed by atoms with Crippen LogP contribution in [0.3, 0.4) is 0 Å². The van der Waals surface area contributed by atoms with Gasteiger partial charge in [0, 0.05) is 26.3 Å². The maximum Gasteiger partial charge on any atom is 0.0613 e. The average Bonchev–Trinajstić information content (AvgIpc) is 2.95. The summed E-state index contributed by atoms with van der Waals surface area (Å²) in [5.74, 6) is 0.982. The van der Waals surface area contributed by atoms with Crippen molar-refractivity contribution in [1.29, 1.82) is 0 Å². The fourth-order valence-electron chi connectivity index (χ4n) is 1.45. The van der Waals surface area contributed by atoms with Gasteiger partial charge < -0.3 is 14.8 Å². The molecule has 0 radical (unpaired) electrons. The van der Waals surface area contributed by atoms with Crippen molar-refractivity contribution in [3.05, 3.63) is 0 Å². The van der Waals surface area contributed by atoms with E-state index < -0.39 is 0 Å². The Labute approximate surface area is 87.2 Å². The van der Waals surface area contributed by atoms with Gasteiger partial charge in [0.15, 0.2) is 0 Å². The molecule has 1 unspecified atom stereocenters. The first-order valence-electron chi connectivity index (χ1n) is 5.63. The van der Waals surface area contributed by atoms with Gasteiger partial charge in [-0.2, -0.15) is 0 Å². The van der Waals surface area contributed by atoms with E-state index in [0.29, 0.717) is 6.04 Å². The van der Waals surface area contributed by atoms with Crippen LogP contribution in [0.1, 0.15) is 26.2 Å². The number of nitrogens with one attached hydrogen (secondary N) is 1. The minimum absolute atomic E-state index is 0.423. The lowest BCUT2D eigenvalue weighted by atomic mass is 10.3. The van der Waals surface area contributed by atoms with E-state index >= 15 is 0 Å². The Bertz CT molecular complexity index is 137. The Morgan fingerprint density at radius 3 is 2.79 bits per heavy atom. The highest BCUT2D eigenvalue weighted by molar-refractivity contribution is 4.72. The highest BCUT2D eigenvalue weighted by atomic mass is 16.5. The Morgan fingerprint density at radius 1 is 1.36 bits per heavy atom. The fourth-order valence-corrected chi connectivity index (χ4v) is 1.45. The van der Waals surface area contributed by atoms with Crippen molar-refractivity contribution in [2.45, 2.75) is 32.2 Å². The maximum atomic E-state index is 5.51. The molecule has 3 heteroatoms. The van der Waals surface area contributed by atoms with Gasteiger partial charge in [-0.25, -0.2) is 0 Å². The molecular weight excluding hydrogens is 178 g/mol. The normalized spacial score (nSPS) is 18.4. The van der Waals surface area contributed by atoms with Crippen molar-refractivity contribution >= 4 is 0 Å². The monoisotopic (exact) mass is 201 g/mol. The van der Waals surface area contributed by atoms with Crippen LogP contribution in [0.4, 0.5) is 0 Å². The summed E-state index contributed by atoms with van der Waals surface area (Å²) in [7, 11) is 1.73. The van der Waals surface area contributed by atoms with Crippen LogP contribution in [0, 0.1) is 5.92 Å². The van der Waals surface area contributed by atoms with E-state index in [1.165, 1.54) is 19.3 Å². The number of ether oxygens (including phenoxy) is 2. The van der Waals surface area contributed by atoms with Crippen LogP contribution in [0.2, 0.25) is 0 Å². The molecule has 1 fully saturated rings. The second-order valence-electron chi connectivity index (χ2n) is 4.15. The van der Waals surface area contributed by atoms with E-state index in [9.17, 15) is 0 Å². The molecule has 14 heavy (non-hydrogen) atoms. The van der Waals surface area contributed by atoms with Crippen LogP contribution in [0.5, 0.6) is 0 Å². The highest BCUT2D eigenvalue weighted by Crippen LogP contribution is 2.31. The topological polar surface area (TPSA) is 30.5 Å². The molecule has 0 aromatic heterocycles. The van der Waals surface area contributed by atoms with Crippen LogP contribution in [-0.2, 0) is 9.47 Å². The zero-order valence-corrected chi connectivity index (χ0v) is 9.42. The van der Waals surface area contributed by atoms with E-state index in [2.05, 4.69) is 12.2 Å². The predicted molar refractivity (Wildman–Crippen MR) is 57.5 cm³/mol. The van der Waals surface area contributed by atoms with Crippen LogP contribution >= 0.6 is 0 Å². The molecule has 0 aromatic rings. The van der Waals surface area contributed by atoms with Gasteiger partial charge >= 0.3 is 0 Å². The summed E-state index contributed by atoms with van der Waals surface area (Å²) in [6.45, 7) is 5.57. The molecular formula is C11H23NO2. The van der Waals surface area contributed by atoms with E-state index in [4.69, 9.17) is 9.47 Å². The first-order valence-corrected chi connectivity index (χ1v) is 5.63. The Kier molecular flexibility index (Phi) is 6.15. The lowest BCUT2D eigenvalue weighted by molar-refractivity contribution is 0.121. The minimum atomic E-state index is 0.423. The van der Waals surface area contributed by atoms with Gasteiger partial charge in [-0.15, -0.1) is 0 Å². The summed E-state index contributed by atoms with van der Waals surface area (Å²) in [6.07, 6.45) is 4.10. The lowest BCUT2D eigenvalue weighted by Crippen LogP contribution is -2.32. The van der Waals surface area contributed by atoms with Crippen molar-refractivity contribution in [2.24, 2.45) is 5.92 Å². The zero-order valence-electron chi connectivity index (χ0n) is 9.42. The molecule has 1 atom stereocenters. The Hall–Kier alpha value is -0.120. The molecule has 0 spiro atoms. The third-order valence-electron chi connectivity index (χ3n) is 2.52. The number of methoxy groups -OCH3 is 1. The third-order valence-corrected chi connectivity index (χ3v) is 2.52. The Morgan fingerprint density at radius 2 is 2.14 bits per heavy atom. The van der Waals surface area contributed by atoms with Crippen LogP contribution in [0.15, 0.2) is 0 Å². The lowest BCUT2D eigenvalue weighted by Gasteiger charge is -2.12. The number of hydrogen-bond donors (Lipinski definition) is 1. The molecule has 1 N–H and O–H groups in total. The maximum absolute atomic E-state index is 5.51. The average molecular weight is 201 g/mol. The Balaban J connectivity index is 1.74. The fraction of sp³-hybridized carbons (Fsp3) is 1.00. The molecule has 0 heterocycles. The van der Waals surface area contributed by atoms with Gasteiger partial charge in [-0.05, 0) is 19.3 Å². The minimum Gasteiger partial charge on any atom is -0.383 e. The summed E-state index contributed by atoms with van der Waals surface area (Å²) < 4.78 is 10.5. The molecule has 3 nitrogen and oxygen atoms in total. The van der Waals surface area contributed by atoms with Gasteiger partial charge in [0.25, 0.3) is 0 Å². The zero-order chi connectivity index (χ0) is 10.2. The van der Waals surface area contributed by atoms with Gasteiger partial charge in [-0.1, -0.05) is 12.8 Å². The molecule has 0 saturated heterocycles. The number of hydrogen-bond acceptors (Lipinski definition) is 3. The van der Waals surface area contributed by atoms with Crippen molar-refractivity contribution in [1.82, 2.24) is 5.32 Å². The van der Waals surface area contributed by atoms with Gasteiger partial charge in [0.1, 0.15) is 0 Å². The van der Waals surface area contributed by atoms with Gasteiger partial charge in [0.05, 0.1) is 13.2 Å². The number of rotatable bonds is 9. The first kappa shape index (κ1) is 12.0. The van der Waals surface area contributed by atoms with E-state index in [1.807, 2.05) is 0 Å². The summed E-state index contributed by atoms with van der Waals surface area (Å²) in [5, 5.41) is 3.34. The molecule has 0 aliphatic heterocycles. The highest BCUT2D eigenvalue weighted by Gasteiger charge is 2.20. The summed E-state index contributed by atoms with van der Waals surface area (Å²) >= 11 is 0. The molecule has 1 rings (SSSR count). The van der Waals surface area contributed by atoms with Crippen molar-refractivity contribution in [2.75, 3.05) is 33.5 Å². The van der Waals surface area contributed by atoms with Gasteiger partial charge in [0.2, 0.25) is 0 Å². The molecule has 0 amide bonds. The SMILES string of the molecule is COCC(C)NCCOCCC1CC1.